The van der Waals surface area contributed by atoms with Gasteiger partial charge < -0.3 is 6.15 Å². The van der Waals surface area contributed by atoms with E-state index >= 15 is 0 Å². The van der Waals surface area contributed by atoms with Gasteiger partial charge in [-0.1, -0.05) is 32.0 Å². The highest BCUT2D eigenvalue weighted by molar-refractivity contribution is 5.87. The standard InChI is InChI=1S/C14H17N.H3N/c1-4-11-9-13-10(3)7-6-8-12(13)14(5-2)15-11;/h6-9H,4-5H2,1-3H3;1H3. The van der Waals surface area contributed by atoms with Gasteiger partial charge in [-0.25, -0.2) is 0 Å². The minimum Gasteiger partial charge on any atom is -0.344 e. The van der Waals surface area contributed by atoms with Crippen LogP contribution >= 0.6 is 0 Å². The zero-order valence-electron chi connectivity index (χ0n) is 10.4. The molecular formula is C14H20N2. The molecule has 0 bridgehead atoms. The van der Waals surface area contributed by atoms with E-state index in [0.29, 0.717) is 0 Å². The molecule has 3 N–H and O–H groups in total. The van der Waals surface area contributed by atoms with Crippen molar-refractivity contribution in [2.45, 2.75) is 33.6 Å². The second-order valence-corrected chi connectivity index (χ2v) is 3.94. The van der Waals surface area contributed by atoms with E-state index in [1.807, 2.05) is 0 Å². The first-order valence-corrected chi connectivity index (χ1v) is 5.64. The summed E-state index contributed by atoms with van der Waals surface area (Å²) in [6.07, 6.45) is 2.02. The fourth-order valence-electron chi connectivity index (χ4n) is 2.01. The molecule has 0 amide bonds. The molecule has 0 atom stereocenters. The van der Waals surface area contributed by atoms with Crippen LogP contribution in [0.15, 0.2) is 24.3 Å². The minimum absolute atomic E-state index is 0. The Labute approximate surface area is 97.3 Å². The van der Waals surface area contributed by atoms with Crippen molar-refractivity contribution in [3.8, 4) is 0 Å². The number of hydrogen-bond acceptors (Lipinski definition) is 2. The first-order chi connectivity index (χ1) is 7.26. The minimum atomic E-state index is 0. The van der Waals surface area contributed by atoms with E-state index in [2.05, 4.69) is 50.0 Å². The second kappa shape index (κ2) is 5.08. The fourth-order valence-corrected chi connectivity index (χ4v) is 2.01. The molecule has 0 fully saturated rings. The van der Waals surface area contributed by atoms with E-state index < -0.39 is 0 Å². The van der Waals surface area contributed by atoms with Gasteiger partial charge in [0.1, 0.15) is 0 Å². The molecule has 16 heavy (non-hydrogen) atoms. The summed E-state index contributed by atoms with van der Waals surface area (Å²) in [6, 6.07) is 8.68. The summed E-state index contributed by atoms with van der Waals surface area (Å²) in [5.41, 5.74) is 3.78. The summed E-state index contributed by atoms with van der Waals surface area (Å²) < 4.78 is 0. The molecule has 0 saturated heterocycles. The highest BCUT2D eigenvalue weighted by atomic mass is 14.7. The van der Waals surface area contributed by atoms with Crippen LogP contribution in [0, 0.1) is 6.92 Å². The number of fused-ring (bicyclic) bond motifs is 1. The number of aryl methyl sites for hydroxylation is 3. The van der Waals surface area contributed by atoms with Crippen LogP contribution in [0.25, 0.3) is 10.8 Å². The Morgan fingerprint density at radius 2 is 1.81 bits per heavy atom. The van der Waals surface area contributed by atoms with E-state index in [-0.39, 0.29) is 6.15 Å². The predicted octanol–water partition coefficient (Wildman–Crippen LogP) is 3.83. The molecule has 2 rings (SSSR count). The van der Waals surface area contributed by atoms with E-state index in [1.165, 1.54) is 27.7 Å². The monoisotopic (exact) mass is 216 g/mol. The molecule has 1 aromatic carbocycles. The van der Waals surface area contributed by atoms with Crippen molar-refractivity contribution in [3.63, 3.8) is 0 Å². The Morgan fingerprint density at radius 3 is 2.44 bits per heavy atom. The third-order valence-corrected chi connectivity index (χ3v) is 2.92. The second-order valence-electron chi connectivity index (χ2n) is 3.94. The SMILES string of the molecule is CCc1cc2c(C)cccc2c(CC)n1.N. The van der Waals surface area contributed by atoms with E-state index in [1.54, 1.807) is 0 Å². The Hall–Kier alpha value is -1.41. The van der Waals surface area contributed by atoms with Gasteiger partial charge in [0, 0.05) is 16.8 Å². The summed E-state index contributed by atoms with van der Waals surface area (Å²) in [4.78, 5) is 4.68. The summed E-state index contributed by atoms with van der Waals surface area (Å²) >= 11 is 0. The number of benzene rings is 1. The van der Waals surface area contributed by atoms with Crippen molar-refractivity contribution in [2.24, 2.45) is 0 Å². The summed E-state index contributed by atoms with van der Waals surface area (Å²) in [7, 11) is 0. The van der Waals surface area contributed by atoms with Gasteiger partial charge in [0.05, 0.1) is 0 Å². The van der Waals surface area contributed by atoms with Gasteiger partial charge in [-0.2, -0.15) is 0 Å². The van der Waals surface area contributed by atoms with Gasteiger partial charge in [0.2, 0.25) is 0 Å². The van der Waals surface area contributed by atoms with Gasteiger partial charge in [0.15, 0.2) is 0 Å². The van der Waals surface area contributed by atoms with Crippen LogP contribution in [0.4, 0.5) is 0 Å². The molecule has 2 aromatic rings. The lowest BCUT2D eigenvalue weighted by Crippen LogP contribution is -1.96. The molecule has 1 heterocycles. The maximum Gasteiger partial charge on any atom is 0.0482 e. The maximum atomic E-state index is 4.68. The van der Waals surface area contributed by atoms with Crippen molar-refractivity contribution >= 4 is 10.8 Å². The topological polar surface area (TPSA) is 47.9 Å². The Balaban J connectivity index is 0.00000128. The Bertz CT molecular complexity index is 489. The molecule has 2 heteroatoms. The molecule has 0 aliphatic carbocycles. The quantitative estimate of drug-likeness (QED) is 0.829. The molecule has 86 valence electrons. The smallest absolute Gasteiger partial charge is 0.0482 e. The third-order valence-electron chi connectivity index (χ3n) is 2.92. The molecule has 0 radical (unpaired) electrons. The van der Waals surface area contributed by atoms with Gasteiger partial charge in [0.25, 0.3) is 0 Å². The lowest BCUT2D eigenvalue weighted by atomic mass is 10.0. The number of pyridine rings is 1. The van der Waals surface area contributed by atoms with Crippen molar-refractivity contribution < 1.29 is 0 Å². The van der Waals surface area contributed by atoms with Gasteiger partial charge in [-0.05, 0) is 36.8 Å². The molecule has 0 aliphatic rings. The van der Waals surface area contributed by atoms with E-state index in [4.69, 9.17) is 0 Å². The van der Waals surface area contributed by atoms with Gasteiger partial charge in [-0.3, -0.25) is 4.98 Å². The molecule has 0 aliphatic heterocycles. The number of rotatable bonds is 2. The maximum absolute atomic E-state index is 4.68. The number of aromatic nitrogens is 1. The van der Waals surface area contributed by atoms with Crippen LogP contribution in [0.3, 0.4) is 0 Å². The zero-order valence-corrected chi connectivity index (χ0v) is 10.4. The van der Waals surface area contributed by atoms with Crippen LogP contribution in [0.2, 0.25) is 0 Å². The third kappa shape index (κ3) is 2.07. The van der Waals surface area contributed by atoms with Gasteiger partial charge >= 0.3 is 0 Å². The Morgan fingerprint density at radius 1 is 1.06 bits per heavy atom. The first kappa shape index (κ1) is 12.7. The molecule has 1 aromatic heterocycles. The predicted molar refractivity (Wildman–Crippen MR) is 70.3 cm³/mol. The summed E-state index contributed by atoms with van der Waals surface area (Å²) in [6.45, 7) is 6.50. The highest BCUT2D eigenvalue weighted by Crippen LogP contribution is 2.22. The lowest BCUT2D eigenvalue weighted by Gasteiger charge is -2.08. The molecular weight excluding hydrogens is 196 g/mol. The van der Waals surface area contributed by atoms with Crippen LogP contribution in [-0.4, -0.2) is 4.98 Å². The Kier molecular flexibility index (Phi) is 4.02. The van der Waals surface area contributed by atoms with Crippen molar-refractivity contribution in [1.82, 2.24) is 11.1 Å². The van der Waals surface area contributed by atoms with Crippen molar-refractivity contribution in [1.29, 1.82) is 0 Å². The zero-order chi connectivity index (χ0) is 10.8. The average molecular weight is 216 g/mol. The van der Waals surface area contributed by atoms with Crippen molar-refractivity contribution in [3.05, 3.63) is 41.2 Å². The van der Waals surface area contributed by atoms with E-state index in [9.17, 15) is 0 Å². The van der Waals surface area contributed by atoms with Crippen LogP contribution in [-0.2, 0) is 12.8 Å². The van der Waals surface area contributed by atoms with Crippen molar-refractivity contribution in [2.75, 3.05) is 0 Å². The van der Waals surface area contributed by atoms with Crippen LogP contribution in [0.1, 0.15) is 30.8 Å². The average Bonchev–Trinajstić information content (AvgIpc) is 2.28. The van der Waals surface area contributed by atoms with Gasteiger partial charge in [-0.15, -0.1) is 0 Å². The van der Waals surface area contributed by atoms with Crippen LogP contribution in [0.5, 0.6) is 0 Å². The molecule has 2 nitrogen and oxygen atoms in total. The largest absolute Gasteiger partial charge is 0.344 e. The summed E-state index contributed by atoms with van der Waals surface area (Å²) in [5, 5.41) is 2.68. The normalized spacial score (nSPS) is 10.2. The molecule has 0 spiro atoms. The first-order valence-electron chi connectivity index (χ1n) is 5.64. The lowest BCUT2D eigenvalue weighted by molar-refractivity contribution is 0.971. The fraction of sp³-hybridized carbons (Fsp3) is 0.357. The molecule has 0 saturated carbocycles. The number of hydrogen-bond donors (Lipinski definition) is 1. The number of nitrogens with zero attached hydrogens (tertiary/aromatic N) is 1. The summed E-state index contributed by atoms with van der Waals surface area (Å²) in [5.74, 6) is 0. The van der Waals surface area contributed by atoms with E-state index in [0.717, 1.165) is 12.8 Å². The highest BCUT2D eigenvalue weighted by Gasteiger charge is 2.04. The van der Waals surface area contributed by atoms with Crippen LogP contribution < -0.4 is 6.15 Å². The molecule has 0 unspecified atom stereocenters.